The van der Waals surface area contributed by atoms with E-state index in [4.69, 9.17) is 16.7 Å². The number of nitrogens with zero attached hydrogens (tertiary/aromatic N) is 1. The van der Waals surface area contributed by atoms with Crippen LogP contribution in [0.4, 0.5) is 5.13 Å². The van der Waals surface area contributed by atoms with Crippen molar-refractivity contribution in [2.24, 2.45) is 11.8 Å². The van der Waals surface area contributed by atoms with Gasteiger partial charge in [-0.1, -0.05) is 18.0 Å². The second-order valence-corrected chi connectivity index (χ2v) is 5.24. The van der Waals surface area contributed by atoms with Gasteiger partial charge in [-0.15, -0.1) is 11.3 Å². The Balaban J connectivity index is 1.87. The zero-order chi connectivity index (χ0) is 11.5. The summed E-state index contributed by atoms with van der Waals surface area (Å²) in [6.45, 7) is 0.667. The van der Waals surface area contributed by atoms with E-state index in [1.165, 1.54) is 11.3 Å². The molecule has 1 aromatic rings. The first-order chi connectivity index (χ1) is 7.66. The number of carboxylic acid groups (broad SMARTS) is 1. The Kier molecular flexibility index (Phi) is 3.66. The van der Waals surface area contributed by atoms with Crippen molar-refractivity contribution in [1.29, 1.82) is 0 Å². The number of rotatable bonds is 4. The molecular formula is C10H13ClN2O2S. The van der Waals surface area contributed by atoms with Crippen LogP contribution in [0.2, 0.25) is 5.15 Å². The lowest BCUT2D eigenvalue weighted by molar-refractivity contribution is -0.142. The number of thiazole rings is 1. The van der Waals surface area contributed by atoms with Crippen LogP contribution in [0.25, 0.3) is 0 Å². The molecule has 4 nitrogen and oxygen atoms in total. The normalized spacial score (nSPS) is 24.6. The van der Waals surface area contributed by atoms with Gasteiger partial charge in [0.25, 0.3) is 0 Å². The number of nitrogens with one attached hydrogen (secondary N) is 1. The zero-order valence-electron chi connectivity index (χ0n) is 8.65. The first-order valence-corrected chi connectivity index (χ1v) is 6.50. The molecule has 1 aromatic heterocycles. The van der Waals surface area contributed by atoms with Crippen molar-refractivity contribution in [3.63, 3.8) is 0 Å². The van der Waals surface area contributed by atoms with E-state index in [0.29, 0.717) is 11.7 Å². The summed E-state index contributed by atoms with van der Waals surface area (Å²) in [5.41, 5.74) is 0. The highest BCUT2D eigenvalue weighted by molar-refractivity contribution is 7.14. The van der Waals surface area contributed by atoms with Gasteiger partial charge < -0.3 is 10.4 Å². The standard InChI is InChI=1S/C10H13ClN2O2S/c11-8-5-16-10(13-8)12-4-6-2-1-3-7(6)9(14)15/h5-7H,1-4H2,(H,12,13)(H,14,15). The smallest absolute Gasteiger partial charge is 0.306 e. The van der Waals surface area contributed by atoms with E-state index < -0.39 is 5.97 Å². The summed E-state index contributed by atoms with van der Waals surface area (Å²) in [7, 11) is 0. The van der Waals surface area contributed by atoms with Gasteiger partial charge in [0.05, 0.1) is 5.92 Å². The Morgan fingerprint density at radius 3 is 3.12 bits per heavy atom. The molecule has 1 aliphatic carbocycles. The van der Waals surface area contributed by atoms with Crippen LogP contribution in [0, 0.1) is 11.8 Å². The maximum absolute atomic E-state index is 11.0. The van der Waals surface area contributed by atoms with Crippen LogP contribution in [-0.2, 0) is 4.79 Å². The summed E-state index contributed by atoms with van der Waals surface area (Å²) in [5, 5.41) is 15.2. The second kappa shape index (κ2) is 5.01. The minimum absolute atomic E-state index is 0.206. The van der Waals surface area contributed by atoms with Gasteiger partial charge in [-0.2, -0.15) is 0 Å². The molecule has 0 amide bonds. The van der Waals surface area contributed by atoms with Gasteiger partial charge >= 0.3 is 5.97 Å². The lowest BCUT2D eigenvalue weighted by Crippen LogP contribution is -2.24. The van der Waals surface area contributed by atoms with Crippen LogP contribution in [0.5, 0.6) is 0 Å². The number of anilines is 1. The molecule has 6 heteroatoms. The zero-order valence-corrected chi connectivity index (χ0v) is 10.2. The van der Waals surface area contributed by atoms with Gasteiger partial charge in [0.1, 0.15) is 5.15 Å². The number of aliphatic carboxylic acids is 1. The van der Waals surface area contributed by atoms with Crippen LogP contribution < -0.4 is 5.32 Å². The fourth-order valence-corrected chi connectivity index (χ4v) is 3.01. The van der Waals surface area contributed by atoms with Crippen molar-refractivity contribution >= 4 is 34.0 Å². The molecular weight excluding hydrogens is 248 g/mol. The molecule has 0 saturated heterocycles. The Bertz CT molecular complexity index is 383. The predicted octanol–water partition coefficient (Wildman–Crippen LogP) is 2.71. The molecule has 2 N–H and O–H groups in total. The summed E-state index contributed by atoms with van der Waals surface area (Å²) in [6.07, 6.45) is 2.77. The Labute approximate surface area is 103 Å². The molecule has 2 atom stereocenters. The number of hydrogen-bond acceptors (Lipinski definition) is 4. The maximum Gasteiger partial charge on any atom is 0.306 e. The van der Waals surface area contributed by atoms with Gasteiger partial charge in [-0.05, 0) is 18.8 Å². The molecule has 1 heterocycles. The molecule has 1 fully saturated rings. The van der Waals surface area contributed by atoms with Crippen molar-refractivity contribution in [3.8, 4) is 0 Å². The lowest BCUT2D eigenvalue weighted by Gasteiger charge is -2.15. The third-order valence-electron chi connectivity index (χ3n) is 2.97. The van der Waals surface area contributed by atoms with Gasteiger partial charge in [-0.3, -0.25) is 4.79 Å². The minimum Gasteiger partial charge on any atom is -0.481 e. The van der Waals surface area contributed by atoms with Crippen LogP contribution in [0.15, 0.2) is 5.38 Å². The van der Waals surface area contributed by atoms with Crippen LogP contribution in [0.1, 0.15) is 19.3 Å². The summed E-state index contributed by atoms with van der Waals surface area (Å²) in [6, 6.07) is 0. The molecule has 1 aliphatic rings. The highest BCUT2D eigenvalue weighted by atomic mass is 35.5. The quantitative estimate of drug-likeness (QED) is 0.874. The molecule has 16 heavy (non-hydrogen) atoms. The second-order valence-electron chi connectivity index (χ2n) is 3.99. The third kappa shape index (κ3) is 2.65. The summed E-state index contributed by atoms with van der Waals surface area (Å²) in [4.78, 5) is 15.0. The van der Waals surface area contributed by atoms with E-state index in [1.54, 1.807) is 5.38 Å². The van der Waals surface area contributed by atoms with Gasteiger partial charge in [0.15, 0.2) is 5.13 Å². The SMILES string of the molecule is O=C(O)C1CCCC1CNc1nc(Cl)cs1. The van der Waals surface area contributed by atoms with Crippen LogP contribution in [0.3, 0.4) is 0 Å². The highest BCUT2D eigenvalue weighted by Gasteiger charge is 2.32. The van der Waals surface area contributed by atoms with Crippen molar-refractivity contribution in [2.45, 2.75) is 19.3 Å². The molecule has 88 valence electrons. The average molecular weight is 261 g/mol. The van der Waals surface area contributed by atoms with Gasteiger partial charge in [0.2, 0.25) is 0 Å². The number of aromatic nitrogens is 1. The van der Waals surface area contributed by atoms with E-state index in [0.717, 1.165) is 24.4 Å². The minimum atomic E-state index is -0.679. The summed E-state index contributed by atoms with van der Waals surface area (Å²) < 4.78 is 0. The molecule has 2 rings (SSSR count). The number of carbonyl (C=O) groups is 1. The van der Waals surface area contributed by atoms with Crippen molar-refractivity contribution in [2.75, 3.05) is 11.9 Å². The van der Waals surface area contributed by atoms with Crippen LogP contribution >= 0.6 is 22.9 Å². The van der Waals surface area contributed by atoms with E-state index in [9.17, 15) is 4.79 Å². The molecule has 0 bridgehead atoms. The topological polar surface area (TPSA) is 62.2 Å². The Morgan fingerprint density at radius 2 is 2.50 bits per heavy atom. The Morgan fingerprint density at radius 1 is 1.69 bits per heavy atom. The van der Waals surface area contributed by atoms with Crippen molar-refractivity contribution in [1.82, 2.24) is 4.98 Å². The number of hydrogen-bond donors (Lipinski definition) is 2. The highest BCUT2D eigenvalue weighted by Crippen LogP contribution is 2.32. The third-order valence-corrected chi connectivity index (χ3v) is 4.09. The monoisotopic (exact) mass is 260 g/mol. The molecule has 0 aromatic carbocycles. The average Bonchev–Trinajstić information content (AvgIpc) is 2.83. The summed E-state index contributed by atoms with van der Waals surface area (Å²) in [5.74, 6) is -0.676. The molecule has 0 radical (unpaired) electrons. The summed E-state index contributed by atoms with van der Waals surface area (Å²) >= 11 is 7.14. The fourth-order valence-electron chi connectivity index (χ4n) is 2.16. The molecule has 0 aliphatic heterocycles. The first kappa shape index (κ1) is 11.7. The molecule has 0 spiro atoms. The van der Waals surface area contributed by atoms with Crippen LogP contribution in [-0.4, -0.2) is 22.6 Å². The van der Waals surface area contributed by atoms with E-state index in [-0.39, 0.29) is 11.8 Å². The number of halogens is 1. The van der Waals surface area contributed by atoms with E-state index >= 15 is 0 Å². The fraction of sp³-hybridized carbons (Fsp3) is 0.600. The van der Waals surface area contributed by atoms with Crippen molar-refractivity contribution < 1.29 is 9.90 Å². The number of carboxylic acids is 1. The van der Waals surface area contributed by atoms with E-state index in [2.05, 4.69) is 10.3 Å². The molecule has 2 unspecified atom stereocenters. The van der Waals surface area contributed by atoms with Gasteiger partial charge in [-0.25, -0.2) is 4.98 Å². The Hall–Kier alpha value is -0.810. The lowest BCUT2D eigenvalue weighted by atomic mass is 9.96. The van der Waals surface area contributed by atoms with E-state index in [1.807, 2.05) is 0 Å². The van der Waals surface area contributed by atoms with Crippen molar-refractivity contribution in [3.05, 3.63) is 10.5 Å². The molecule has 1 saturated carbocycles. The first-order valence-electron chi connectivity index (χ1n) is 5.24. The maximum atomic E-state index is 11.0. The van der Waals surface area contributed by atoms with Gasteiger partial charge in [0, 0.05) is 11.9 Å². The largest absolute Gasteiger partial charge is 0.481 e. The predicted molar refractivity (Wildman–Crippen MR) is 64.1 cm³/mol.